The molecule has 0 aliphatic heterocycles. The van der Waals surface area contributed by atoms with Crippen LogP contribution in [0.1, 0.15) is 11.5 Å². The van der Waals surface area contributed by atoms with Crippen LogP contribution in [-0.4, -0.2) is 13.2 Å². The molecule has 0 aromatic heterocycles. The first-order valence-corrected chi connectivity index (χ1v) is 6.73. The van der Waals surface area contributed by atoms with Gasteiger partial charge in [0.1, 0.15) is 5.75 Å². The maximum absolute atomic E-state index is 5.82. The number of rotatable bonds is 5. The molecule has 0 bridgehead atoms. The van der Waals surface area contributed by atoms with Crippen molar-refractivity contribution in [2.75, 3.05) is 13.2 Å². The van der Waals surface area contributed by atoms with Gasteiger partial charge in [-0.15, -0.1) is 0 Å². The van der Waals surface area contributed by atoms with Crippen LogP contribution in [0.25, 0.3) is 0 Å². The summed E-state index contributed by atoms with van der Waals surface area (Å²) in [4.78, 5) is 0. The van der Waals surface area contributed by atoms with Crippen molar-refractivity contribution in [1.82, 2.24) is 0 Å². The van der Waals surface area contributed by atoms with Gasteiger partial charge in [0.2, 0.25) is 0 Å². The summed E-state index contributed by atoms with van der Waals surface area (Å²) in [6.07, 6.45) is 0. The number of nitrogens with two attached hydrogens (primary N) is 1. The van der Waals surface area contributed by atoms with E-state index in [0.29, 0.717) is 13.2 Å². The second-order valence-electron chi connectivity index (χ2n) is 4.08. The maximum Gasteiger partial charge on any atom is 0.133 e. The fourth-order valence-electron chi connectivity index (χ4n) is 1.78. The zero-order valence-corrected chi connectivity index (χ0v) is 11.6. The topological polar surface area (TPSA) is 35.2 Å². The summed E-state index contributed by atoms with van der Waals surface area (Å²) in [5.41, 5.74) is 7.03. The van der Waals surface area contributed by atoms with Gasteiger partial charge >= 0.3 is 0 Å². The molecule has 0 fully saturated rings. The van der Waals surface area contributed by atoms with Crippen molar-refractivity contribution < 1.29 is 4.74 Å². The zero-order chi connectivity index (χ0) is 12.8. The Balaban J connectivity index is 2.02. The van der Waals surface area contributed by atoms with Crippen LogP contribution < -0.4 is 10.5 Å². The molecule has 0 amide bonds. The lowest BCUT2D eigenvalue weighted by molar-refractivity contribution is 0.288. The van der Waals surface area contributed by atoms with E-state index in [4.69, 9.17) is 10.5 Å². The minimum Gasteiger partial charge on any atom is -0.492 e. The average molecular weight is 306 g/mol. The number of hydrogen-bond donors (Lipinski definition) is 1. The summed E-state index contributed by atoms with van der Waals surface area (Å²) in [6, 6.07) is 18.1. The molecule has 2 N–H and O–H groups in total. The van der Waals surface area contributed by atoms with Gasteiger partial charge in [0.05, 0.1) is 11.1 Å². The zero-order valence-electron chi connectivity index (χ0n) is 10.1. The van der Waals surface area contributed by atoms with Crippen LogP contribution in [0.2, 0.25) is 0 Å². The lowest BCUT2D eigenvalue weighted by Crippen LogP contribution is -2.19. The molecule has 0 spiro atoms. The first-order valence-electron chi connectivity index (χ1n) is 5.93. The maximum atomic E-state index is 5.82. The molecule has 1 atom stereocenters. The van der Waals surface area contributed by atoms with Gasteiger partial charge in [-0.3, -0.25) is 0 Å². The van der Waals surface area contributed by atoms with Crippen molar-refractivity contribution in [1.29, 1.82) is 0 Å². The molecule has 0 radical (unpaired) electrons. The normalized spacial score (nSPS) is 12.1. The van der Waals surface area contributed by atoms with Crippen LogP contribution in [0.4, 0.5) is 0 Å². The monoisotopic (exact) mass is 305 g/mol. The Labute approximate surface area is 116 Å². The quantitative estimate of drug-likeness (QED) is 0.916. The fourth-order valence-corrected chi connectivity index (χ4v) is 2.18. The van der Waals surface area contributed by atoms with Gasteiger partial charge < -0.3 is 10.5 Å². The third-order valence-corrected chi connectivity index (χ3v) is 3.49. The highest BCUT2D eigenvalue weighted by Gasteiger charge is 2.10. The Hall–Kier alpha value is -1.32. The van der Waals surface area contributed by atoms with Gasteiger partial charge in [-0.25, -0.2) is 0 Å². The SMILES string of the molecule is NCC(COc1ccccc1Br)c1ccccc1. The van der Waals surface area contributed by atoms with Gasteiger partial charge in [-0.05, 0) is 33.6 Å². The van der Waals surface area contributed by atoms with Crippen LogP contribution >= 0.6 is 15.9 Å². The van der Waals surface area contributed by atoms with Crippen LogP contribution in [0.3, 0.4) is 0 Å². The number of hydrogen-bond acceptors (Lipinski definition) is 2. The Kier molecular flexibility index (Phi) is 4.79. The molecule has 0 saturated heterocycles. The Morgan fingerprint density at radius 2 is 1.67 bits per heavy atom. The summed E-state index contributed by atoms with van der Waals surface area (Å²) in [6.45, 7) is 1.16. The van der Waals surface area contributed by atoms with E-state index in [1.54, 1.807) is 0 Å². The van der Waals surface area contributed by atoms with Crippen molar-refractivity contribution in [3.8, 4) is 5.75 Å². The Morgan fingerprint density at radius 1 is 1.00 bits per heavy atom. The first-order chi connectivity index (χ1) is 8.81. The predicted molar refractivity (Wildman–Crippen MR) is 77.9 cm³/mol. The molecule has 0 heterocycles. The molecule has 1 unspecified atom stereocenters. The van der Waals surface area contributed by atoms with E-state index in [9.17, 15) is 0 Å². The van der Waals surface area contributed by atoms with Gasteiger partial charge in [0, 0.05) is 12.5 Å². The van der Waals surface area contributed by atoms with E-state index in [1.807, 2.05) is 42.5 Å². The fraction of sp³-hybridized carbons (Fsp3) is 0.200. The molecule has 2 aromatic rings. The molecule has 0 aliphatic carbocycles. The summed E-state index contributed by atoms with van der Waals surface area (Å²) >= 11 is 3.47. The van der Waals surface area contributed by atoms with Crippen LogP contribution in [0, 0.1) is 0 Å². The smallest absolute Gasteiger partial charge is 0.133 e. The van der Waals surface area contributed by atoms with E-state index in [0.717, 1.165) is 10.2 Å². The Morgan fingerprint density at radius 3 is 2.33 bits per heavy atom. The van der Waals surface area contributed by atoms with Crippen molar-refractivity contribution in [3.05, 3.63) is 64.6 Å². The molecular weight excluding hydrogens is 290 g/mol. The number of halogens is 1. The van der Waals surface area contributed by atoms with Crippen LogP contribution in [-0.2, 0) is 0 Å². The number of benzene rings is 2. The largest absolute Gasteiger partial charge is 0.492 e. The molecule has 18 heavy (non-hydrogen) atoms. The van der Waals surface area contributed by atoms with Crippen molar-refractivity contribution in [2.24, 2.45) is 5.73 Å². The van der Waals surface area contributed by atoms with Gasteiger partial charge in [0.15, 0.2) is 0 Å². The first kappa shape index (κ1) is 13.1. The van der Waals surface area contributed by atoms with E-state index >= 15 is 0 Å². The lowest BCUT2D eigenvalue weighted by atomic mass is 10.0. The third kappa shape index (κ3) is 3.34. The van der Waals surface area contributed by atoms with E-state index in [1.165, 1.54) is 5.56 Å². The second kappa shape index (κ2) is 6.57. The van der Waals surface area contributed by atoms with E-state index < -0.39 is 0 Å². The minimum absolute atomic E-state index is 0.221. The highest BCUT2D eigenvalue weighted by atomic mass is 79.9. The molecule has 2 nitrogen and oxygen atoms in total. The van der Waals surface area contributed by atoms with Gasteiger partial charge in [-0.2, -0.15) is 0 Å². The summed E-state index contributed by atoms with van der Waals surface area (Å²) < 4.78 is 6.78. The molecule has 0 aliphatic rings. The van der Waals surface area contributed by atoms with Crippen LogP contribution in [0.15, 0.2) is 59.1 Å². The molecule has 2 rings (SSSR count). The van der Waals surface area contributed by atoms with Crippen LogP contribution in [0.5, 0.6) is 5.75 Å². The van der Waals surface area contributed by atoms with Gasteiger partial charge in [-0.1, -0.05) is 42.5 Å². The van der Waals surface area contributed by atoms with Crippen molar-refractivity contribution in [2.45, 2.75) is 5.92 Å². The standard InChI is InChI=1S/C15H16BrNO/c16-14-8-4-5-9-15(14)18-11-13(10-17)12-6-2-1-3-7-12/h1-9,13H,10-11,17H2. The van der Waals surface area contributed by atoms with Gasteiger partial charge in [0.25, 0.3) is 0 Å². The molecule has 3 heteroatoms. The molecular formula is C15H16BrNO. The number of ether oxygens (including phenoxy) is 1. The summed E-state index contributed by atoms with van der Waals surface area (Å²) in [7, 11) is 0. The van der Waals surface area contributed by atoms with Crippen molar-refractivity contribution >= 4 is 15.9 Å². The minimum atomic E-state index is 0.221. The molecule has 2 aromatic carbocycles. The molecule has 0 saturated carbocycles. The summed E-state index contributed by atoms with van der Waals surface area (Å²) in [5.74, 6) is 1.07. The Bertz CT molecular complexity index is 487. The lowest BCUT2D eigenvalue weighted by Gasteiger charge is -2.16. The molecule has 94 valence electrons. The second-order valence-corrected chi connectivity index (χ2v) is 4.94. The predicted octanol–water partition coefficient (Wildman–Crippen LogP) is 3.57. The van der Waals surface area contributed by atoms with E-state index in [2.05, 4.69) is 28.1 Å². The highest BCUT2D eigenvalue weighted by molar-refractivity contribution is 9.10. The highest BCUT2D eigenvalue weighted by Crippen LogP contribution is 2.25. The van der Waals surface area contributed by atoms with Crippen molar-refractivity contribution in [3.63, 3.8) is 0 Å². The summed E-state index contributed by atoms with van der Waals surface area (Å²) in [5, 5.41) is 0. The average Bonchev–Trinajstić information content (AvgIpc) is 2.42. The number of para-hydroxylation sites is 1. The third-order valence-electron chi connectivity index (χ3n) is 2.83. The van der Waals surface area contributed by atoms with E-state index in [-0.39, 0.29) is 5.92 Å².